The summed E-state index contributed by atoms with van der Waals surface area (Å²) >= 11 is 5.83. The molecule has 1 rings (SSSR count). The van der Waals surface area contributed by atoms with E-state index in [0.717, 1.165) is 19.4 Å². The van der Waals surface area contributed by atoms with Gasteiger partial charge in [-0.1, -0.05) is 24.9 Å². The Morgan fingerprint density at radius 2 is 2.17 bits per heavy atom. The third-order valence-corrected chi connectivity index (χ3v) is 2.57. The minimum absolute atomic E-state index is 0.191. The van der Waals surface area contributed by atoms with Gasteiger partial charge in [-0.2, -0.15) is 0 Å². The van der Waals surface area contributed by atoms with Crippen molar-refractivity contribution in [2.24, 2.45) is 0 Å². The van der Waals surface area contributed by atoms with E-state index in [1.165, 1.54) is 0 Å². The second-order valence-corrected chi connectivity index (χ2v) is 4.43. The van der Waals surface area contributed by atoms with E-state index < -0.39 is 0 Å². The summed E-state index contributed by atoms with van der Waals surface area (Å²) in [5.74, 6) is -0.191. The molecule has 0 heterocycles. The Bertz CT molecular complexity index is 376. The predicted octanol–water partition coefficient (Wildman–Crippen LogP) is 2.47. The molecule has 1 aromatic rings. The summed E-state index contributed by atoms with van der Waals surface area (Å²) in [6.07, 6.45) is 2.15. The van der Waals surface area contributed by atoms with E-state index in [-0.39, 0.29) is 5.91 Å². The molecule has 0 aliphatic heterocycles. The van der Waals surface area contributed by atoms with Crippen molar-refractivity contribution in [3.8, 4) is 0 Å². The van der Waals surface area contributed by atoms with E-state index in [1.54, 1.807) is 18.2 Å². The molecule has 1 amide bonds. The number of nitrogens with one attached hydrogen (secondary N) is 1. The number of ether oxygens (including phenoxy) is 1. The van der Waals surface area contributed by atoms with Gasteiger partial charge in [-0.15, -0.1) is 0 Å². The van der Waals surface area contributed by atoms with Gasteiger partial charge >= 0.3 is 0 Å². The van der Waals surface area contributed by atoms with Gasteiger partial charge in [0.2, 0.25) is 0 Å². The van der Waals surface area contributed by atoms with E-state index in [4.69, 9.17) is 22.1 Å². The summed E-state index contributed by atoms with van der Waals surface area (Å²) in [4.78, 5) is 11.8. The minimum Gasteiger partial charge on any atom is -0.399 e. The van der Waals surface area contributed by atoms with Crippen molar-refractivity contribution in [1.82, 2.24) is 5.32 Å². The summed E-state index contributed by atoms with van der Waals surface area (Å²) in [6, 6.07) is 4.79. The molecule has 0 aliphatic rings. The van der Waals surface area contributed by atoms with Crippen LogP contribution >= 0.6 is 11.6 Å². The highest BCUT2D eigenvalue weighted by molar-refractivity contribution is 6.31. The van der Waals surface area contributed by atoms with Crippen molar-refractivity contribution < 1.29 is 9.53 Å². The fourth-order valence-electron chi connectivity index (χ4n) is 1.43. The summed E-state index contributed by atoms with van der Waals surface area (Å²) < 4.78 is 5.34. The Morgan fingerprint density at radius 3 is 2.83 bits per heavy atom. The highest BCUT2D eigenvalue weighted by Gasteiger charge is 2.06. The normalized spacial score (nSPS) is 10.3. The smallest absolute Gasteiger partial charge is 0.251 e. The molecule has 0 atom stereocenters. The zero-order valence-corrected chi connectivity index (χ0v) is 11.3. The SMILES string of the molecule is CCCCOCCNC(=O)c1cc(N)cc(Cl)c1. The maximum Gasteiger partial charge on any atom is 0.251 e. The lowest BCUT2D eigenvalue weighted by Gasteiger charge is -2.07. The van der Waals surface area contributed by atoms with E-state index in [2.05, 4.69) is 12.2 Å². The summed E-state index contributed by atoms with van der Waals surface area (Å²) in [5.41, 5.74) is 6.56. The first kappa shape index (κ1) is 14.8. The second kappa shape index (κ2) is 7.95. The maximum atomic E-state index is 11.8. The number of anilines is 1. The molecule has 4 nitrogen and oxygen atoms in total. The van der Waals surface area contributed by atoms with Crippen LogP contribution in [-0.4, -0.2) is 25.7 Å². The van der Waals surface area contributed by atoms with Gasteiger partial charge in [-0.25, -0.2) is 0 Å². The first-order valence-electron chi connectivity index (χ1n) is 6.05. The molecule has 0 saturated carbocycles. The molecule has 0 spiro atoms. The molecule has 0 unspecified atom stereocenters. The summed E-state index contributed by atoms with van der Waals surface area (Å²) in [7, 11) is 0. The van der Waals surface area contributed by atoms with Crippen LogP contribution in [0.1, 0.15) is 30.1 Å². The van der Waals surface area contributed by atoms with Crippen molar-refractivity contribution in [2.75, 3.05) is 25.5 Å². The summed E-state index contributed by atoms with van der Waals surface area (Å²) in [6.45, 7) is 3.84. The van der Waals surface area contributed by atoms with Crippen LogP contribution in [0.2, 0.25) is 5.02 Å². The quantitative estimate of drug-likeness (QED) is 0.591. The lowest BCUT2D eigenvalue weighted by atomic mass is 10.2. The highest BCUT2D eigenvalue weighted by Crippen LogP contribution is 2.16. The molecule has 3 N–H and O–H groups in total. The fraction of sp³-hybridized carbons (Fsp3) is 0.462. The van der Waals surface area contributed by atoms with Crippen molar-refractivity contribution in [1.29, 1.82) is 0 Å². The summed E-state index contributed by atoms with van der Waals surface area (Å²) in [5, 5.41) is 3.21. The standard InChI is InChI=1S/C13H19ClN2O2/c1-2-3-5-18-6-4-16-13(17)10-7-11(14)9-12(15)8-10/h7-9H,2-6,15H2,1H3,(H,16,17). The van der Waals surface area contributed by atoms with Crippen molar-refractivity contribution in [2.45, 2.75) is 19.8 Å². The molecule has 100 valence electrons. The molecular formula is C13H19ClN2O2. The lowest BCUT2D eigenvalue weighted by molar-refractivity contribution is 0.0913. The number of halogens is 1. The molecule has 0 aromatic heterocycles. The maximum absolute atomic E-state index is 11.8. The molecule has 0 saturated heterocycles. The zero-order chi connectivity index (χ0) is 13.4. The van der Waals surface area contributed by atoms with Crippen LogP contribution in [-0.2, 0) is 4.74 Å². The van der Waals surface area contributed by atoms with Crippen LogP contribution in [0.5, 0.6) is 0 Å². The number of nitrogen functional groups attached to an aromatic ring is 1. The van der Waals surface area contributed by atoms with Crippen molar-refractivity contribution >= 4 is 23.2 Å². The largest absolute Gasteiger partial charge is 0.399 e. The number of rotatable bonds is 7. The van der Waals surface area contributed by atoms with Gasteiger partial charge in [-0.05, 0) is 24.6 Å². The second-order valence-electron chi connectivity index (χ2n) is 4.00. The minimum atomic E-state index is -0.191. The number of unbranched alkanes of at least 4 members (excludes halogenated alkanes) is 1. The van der Waals surface area contributed by atoms with Gasteiger partial charge in [0.25, 0.3) is 5.91 Å². The fourth-order valence-corrected chi connectivity index (χ4v) is 1.67. The lowest BCUT2D eigenvalue weighted by Crippen LogP contribution is -2.27. The van der Waals surface area contributed by atoms with Gasteiger partial charge in [0, 0.05) is 29.4 Å². The number of carbonyl (C=O) groups excluding carboxylic acids is 1. The van der Waals surface area contributed by atoms with Crippen LogP contribution < -0.4 is 11.1 Å². The Hall–Kier alpha value is -1.26. The van der Waals surface area contributed by atoms with Crippen molar-refractivity contribution in [3.05, 3.63) is 28.8 Å². The number of nitrogens with two attached hydrogens (primary N) is 1. The molecule has 0 fully saturated rings. The van der Waals surface area contributed by atoms with E-state index in [0.29, 0.717) is 29.4 Å². The van der Waals surface area contributed by atoms with Crippen LogP contribution in [0.4, 0.5) is 5.69 Å². The Balaban J connectivity index is 2.32. The Labute approximate surface area is 112 Å². The van der Waals surface area contributed by atoms with Crippen LogP contribution in [0.3, 0.4) is 0 Å². The zero-order valence-electron chi connectivity index (χ0n) is 10.5. The molecule has 1 aromatic carbocycles. The molecule has 18 heavy (non-hydrogen) atoms. The predicted molar refractivity (Wildman–Crippen MR) is 73.9 cm³/mol. The number of amides is 1. The van der Waals surface area contributed by atoms with Crippen LogP contribution in [0, 0.1) is 0 Å². The first-order valence-corrected chi connectivity index (χ1v) is 6.43. The number of hydrogen-bond donors (Lipinski definition) is 2. The Kier molecular flexibility index (Phi) is 6.54. The monoisotopic (exact) mass is 270 g/mol. The molecule has 5 heteroatoms. The van der Waals surface area contributed by atoms with Gasteiger partial charge in [0.05, 0.1) is 6.61 Å². The number of carbonyl (C=O) groups is 1. The van der Waals surface area contributed by atoms with Crippen molar-refractivity contribution in [3.63, 3.8) is 0 Å². The Morgan fingerprint density at radius 1 is 1.39 bits per heavy atom. The highest BCUT2D eigenvalue weighted by atomic mass is 35.5. The van der Waals surface area contributed by atoms with Gasteiger partial charge in [-0.3, -0.25) is 4.79 Å². The van der Waals surface area contributed by atoms with Crippen LogP contribution in [0.15, 0.2) is 18.2 Å². The third-order valence-electron chi connectivity index (χ3n) is 2.36. The van der Waals surface area contributed by atoms with Gasteiger partial charge < -0.3 is 15.8 Å². The number of hydrogen-bond acceptors (Lipinski definition) is 3. The number of benzene rings is 1. The molecule has 0 aliphatic carbocycles. The average molecular weight is 271 g/mol. The third kappa shape index (κ3) is 5.38. The van der Waals surface area contributed by atoms with Gasteiger partial charge in [0.1, 0.15) is 0 Å². The van der Waals surface area contributed by atoms with Crippen LogP contribution in [0.25, 0.3) is 0 Å². The molecule has 0 bridgehead atoms. The van der Waals surface area contributed by atoms with E-state index in [1.807, 2.05) is 0 Å². The van der Waals surface area contributed by atoms with Gasteiger partial charge in [0.15, 0.2) is 0 Å². The molecule has 0 radical (unpaired) electrons. The topological polar surface area (TPSA) is 64.3 Å². The first-order chi connectivity index (χ1) is 8.63. The van der Waals surface area contributed by atoms with E-state index >= 15 is 0 Å². The van der Waals surface area contributed by atoms with E-state index in [9.17, 15) is 4.79 Å². The molecular weight excluding hydrogens is 252 g/mol. The average Bonchev–Trinajstić information content (AvgIpc) is 2.32.